The lowest BCUT2D eigenvalue weighted by molar-refractivity contribution is 0.0956. The Kier molecular flexibility index (Phi) is 4.23. The van der Waals surface area contributed by atoms with Crippen LogP contribution in [-0.2, 0) is 0 Å². The fourth-order valence-electron chi connectivity index (χ4n) is 2.19. The lowest BCUT2D eigenvalue weighted by Crippen LogP contribution is -2.24. The van der Waals surface area contributed by atoms with Crippen LogP contribution in [0.3, 0.4) is 0 Å². The number of imidazole rings is 1. The summed E-state index contributed by atoms with van der Waals surface area (Å²) in [6.07, 6.45) is 3.77. The highest BCUT2D eigenvalue weighted by molar-refractivity contribution is 7.21. The molecule has 0 aliphatic rings. The van der Waals surface area contributed by atoms with Crippen LogP contribution in [0.5, 0.6) is 0 Å². The van der Waals surface area contributed by atoms with Crippen molar-refractivity contribution >= 4 is 43.9 Å². The van der Waals surface area contributed by atoms with Gasteiger partial charge in [-0.05, 0) is 24.8 Å². The van der Waals surface area contributed by atoms with Gasteiger partial charge >= 0.3 is 0 Å². The number of hydrogen-bond acceptors (Lipinski definition) is 5. The Morgan fingerprint density at radius 2 is 2.43 bits per heavy atom. The molecule has 0 spiro atoms. The number of thiazole rings is 1. The molecule has 0 saturated heterocycles. The van der Waals surface area contributed by atoms with Gasteiger partial charge in [0.15, 0.2) is 4.96 Å². The minimum absolute atomic E-state index is 0.0429. The molecular weight excluding hydrogens is 306 g/mol. The molecule has 0 aromatic carbocycles. The van der Waals surface area contributed by atoms with Crippen molar-refractivity contribution < 1.29 is 9.90 Å². The molecule has 3 rings (SSSR count). The zero-order valence-electron chi connectivity index (χ0n) is 11.7. The Morgan fingerprint density at radius 3 is 3.24 bits per heavy atom. The van der Waals surface area contributed by atoms with Gasteiger partial charge in [-0.15, -0.1) is 22.7 Å². The van der Waals surface area contributed by atoms with E-state index in [2.05, 4.69) is 10.3 Å². The molecule has 1 amide bonds. The number of fused-ring (bicyclic) bond motifs is 3. The fraction of sp³-hybridized carbons (Fsp3) is 0.429. The highest BCUT2D eigenvalue weighted by atomic mass is 32.1. The number of nitrogens with one attached hydrogen (secondary N) is 1. The first-order valence-corrected chi connectivity index (χ1v) is 8.63. The monoisotopic (exact) mass is 323 g/mol. The SMILES string of the molecule is CC(CO)CCCNC(=O)c1cc2c(nc3sccn32)s1. The zero-order valence-corrected chi connectivity index (χ0v) is 13.3. The molecule has 1 atom stereocenters. The van der Waals surface area contributed by atoms with E-state index < -0.39 is 0 Å². The quantitative estimate of drug-likeness (QED) is 0.686. The topological polar surface area (TPSA) is 66.6 Å². The van der Waals surface area contributed by atoms with Gasteiger partial charge in [-0.2, -0.15) is 0 Å². The van der Waals surface area contributed by atoms with E-state index in [1.54, 1.807) is 11.3 Å². The smallest absolute Gasteiger partial charge is 0.261 e. The Morgan fingerprint density at radius 1 is 1.57 bits per heavy atom. The van der Waals surface area contributed by atoms with E-state index in [4.69, 9.17) is 5.11 Å². The summed E-state index contributed by atoms with van der Waals surface area (Å²) in [5, 5.41) is 13.9. The maximum absolute atomic E-state index is 12.1. The average Bonchev–Trinajstić information content (AvgIpc) is 3.14. The molecule has 0 fully saturated rings. The number of nitrogens with zero attached hydrogens (tertiary/aromatic N) is 2. The van der Waals surface area contributed by atoms with Gasteiger partial charge in [0, 0.05) is 24.7 Å². The Bertz CT molecular complexity index is 759. The maximum atomic E-state index is 12.1. The maximum Gasteiger partial charge on any atom is 0.261 e. The number of hydrogen-bond donors (Lipinski definition) is 2. The number of amides is 1. The number of aliphatic hydroxyl groups is 1. The molecule has 0 saturated carbocycles. The van der Waals surface area contributed by atoms with Gasteiger partial charge in [0.25, 0.3) is 5.91 Å². The molecule has 112 valence electrons. The molecule has 7 heteroatoms. The van der Waals surface area contributed by atoms with Gasteiger partial charge in [0.1, 0.15) is 4.83 Å². The van der Waals surface area contributed by atoms with Gasteiger partial charge in [-0.25, -0.2) is 4.98 Å². The highest BCUT2D eigenvalue weighted by Crippen LogP contribution is 2.28. The first kappa shape index (κ1) is 14.5. The van der Waals surface area contributed by atoms with Crippen LogP contribution < -0.4 is 5.32 Å². The lowest BCUT2D eigenvalue weighted by Gasteiger charge is -2.07. The van der Waals surface area contributed by atoms with E-state index in [-0.39, 0.29) is 12.5 Å². The van der Waals surface area contributed by atoms with E-state index >= 15 is 0 Å². The van der Waals surface area contributed by atoms with Crippen molar-refractivity contribution in [1.82, 2.24) is 14.7 Å². The third-order valence-electron chi connectivity index (χ3n) is 3.43. The lowest BCUT2D eigenvalue weighted by atomic mass is 10.1. The molecule has 0 radical (unpaired) electrons. The first-order chi connectivity index (χ1) is 10.2. The second-order valence-corrected chi connectivity index (χ2v) is 7.06. The standard InChI is InChI=1S/C14H17N3O2S2/c1-9(8-18)3-2-4-15-12(19)11-7-10-13(21-11)16-14-17(10)5-6-20-14/h5-7,9,18H,2-4,8H2,1H3,(H,15,19). The number of rotatable bonds is 6. The Labute approximate surface area is 130 Å². The average molecular weight is 323 g/mol. The van der Waals surface area contributed by atoms with E-state index in [1.165, 1.54) is 11.3 Å². The van der Waals surface area contributed by atoms with Gasteiger partial charge in [0.05, 0.1) is 10.4 Å². The summed E-state index contributed by atoms with van der Waals surface area (Å²) in [5.41, 5.74) is 0.996. The fourth-order valence-corrected chi connectivity index (χ4v) is 3.91. The minimum Gasteiger partial charge on any atom is -0.396 e. The molecule has 0 bridgehead atoms. The molecule has 0 aliphatic carbocycles. The van der Waals surface area contributed by atoms with E-state index in [9.17, 15) is 4.79 Å². The second kappa shape index (κ2) is 6.13. The first-order valence-electron chi connectivity index (χ1n) is 6.93. The van der Waals surface area contributed by atoms with Crippen LogP contribution in [0.2, 0.25) is 0 Å². The third kappa shape index (κ3) is 2.95. The second-order valence-electron chi connectivity index (χ2n) is 5.15. The summed E-state index contributed by atoms with van der Waals surface area (Å²) in [7, 11) is 0. The molecule has 0 aliphatic heterocycles. The minimum atomic E-state index is -0.0429. The van der Waals surface area contributed by atoms with Gasteiger partial charge < -0.3 is 10.4 Å². The molecule has 5 nitrogen and oxygen atoms in total. The summed E-state index contributed by atoms with van der Waals surface area (Å²) in [4.78, 5) is 19.2. The molecule has 3 aromatic rings. The van der Waals surface area contributed by atoms with Crippen molar-refractivity contribution in [2.45, 2.75) is 19.8 Å². The largest absolute Gasteiger partial charge is 0.396 e. The molecule has 21 heavy (non-hydrogen) atoms. The van der Waals surface area contributed by atoms with Crippen LogP contribution in [0.25, 0.3) is 15.3 Å². The van der Waals surface area contributed by atoms with Gasteiger partial charge in [-0.3, -0.25) is 9.20 Å². The van der Waals surface area contributed by atoms with Crippen molar-refractivity contribution in [3.8, 4) is 0 Å². The summed E-state index contributed by atoms with van der Waals surface area (Å²) in [5.74, 6) is 0.248. The Balaban J connectivity index is 1.63. The zero-order chi connectivity index (χ0) is 14.8. The van der Waals surface area contributed by atoms with Crippen molar-refractivity contribution in [3.63, 3.8) is 0 Å². The van der Waals surface area contributed by atoms with Crippen LogP contribution in [0.4, 0.5) is 0 Å². The van der Waals surface area contributed by atoms with Crippen molar-refractivity contribution in [1.29, 1.82) is 0 Å². The van der Waals surface area contributed by atoms with Crippen molar-refractivity contribution in [3.05, 3.63) is 22.5 Å². The Hall–Kier alpha value is -1.44. The normalized spacial score (nSPS) is 13.0. The third-order valence-corrected chi connectivity index (χ3v) is 5.21. The van der Waals surface area contributed by atoms with Gasteiger partial charge in [0.2, 0.25) is 0 Å². The van der Waals surface area contributed by atoms with Crippen molar-refractivity contribution in [2.75, 3.05) is 13.2 Å². The van der Waals surface area contributed by atoms with E-state index in [0.29, 0.717) is 17.3 Å². The number of carbonyl (C=O) groups is 1. The molecule has 1 unspecified atom stereocenters. The van der Waals surface area contributed by atoms with E-state index in [0.717, 1.165) is 28.1 Å². The summed E-state index contributed by atoms with van der Waals surface area (Å²) in [6.45, 7) is 2.84. The number of aliphatic hydroxyl groups excluding tert-OH is 1. The molecule has 3 heterocycles. The number of thiophene rings is 1. The molecule has 2 N–H and O–H groups in total. The van der Waals surface area contributed by atoms with Crippen LogP contribution in [0.15, 0.2) is 17.6 Å². The van der Waals surface area contributed by atoms with Gasteiger partial charge in [-0.1, -0.05) is 6.92 Å². The summed E-state index contributed by atoms with van der Waals surface area (Å²) >= 11 is 3.02. The van der Waals surface area contributed by atoms with Crippen LogP contribution in [0.1, 0.15) is 29.4 Å². The molecular formula is C14H17N3O2S2. The number of aromatic nitrogens is 2. The number of carbonyl (C=O) groups excluding carboxylic acids is 1. The van der Waals surface area contributed by atoms with E-state index in [1.807, 2.05) is 29.0 Å². The highest BCUT2D eigenvalue weighted by Gasteiger charge is 2.14. The van der Waals surface area contributed by atoms with Crippen LogP contribution in [-0.4, -0.2) is 33.6 Å². The predicted molar refractivity (Wildman–Crippen MR) is 86.3 cm³/mol. The summed E-state index contributed by atoms with van der Waals surface area (Å²) < 4.78 is 2.01. The summed E-state index contributed by atoms with van der Waals surface area (Å²) in [6, 6.07) is 1.90. The van der Waals surface area contributed by atoms with Crippen molar-refractivity contribution in [2.24, 2.45) is 5.92 Å². The predicted octanol–water partition coefficient (Wildman–Crippen LogP) is 2.75. The molecule has 3 aromatic heterocycles. The van der Waals surface area contributed by atoms with Crippen LogP contribution in [0, 0.1) is 5.92 Å². The van der Waals surface area contributed by atoms with Crippen LogP contribution >= 0.6 is 22.7 Å².